The molecule has 8 heteroatoms. The van der Waals surface area contributed by atoms with Crippen molar-refractivity contribution in [3.05, 3.63) is 68.3 Å². The molecule has 126 valence electrons. The second-order valence-corrected chi connectivity index (χ2v) is 6.49. The lowest BCUT2D eigenvalue weighted by Gasteiger charge is -2.06. The number of nitrogens with one attached hydrogen (secondary N) is 3. The van der Waals surface area contributed by atoms with E-state index in [0.717, 1.165) is 9.75 Å². The first-order valence-corrected chi connectivity index (χ1v) is 8.18. The number of hydrazine groups is 1. The van der Waals surface area contributed by atoms with Crippen LogP contribution in [-0.2, 0) is 4.79 Å². The van der Waals surface area contributed by atoms with Gasteiger partial charge in [-0.2, -0.15) is 5.10 Å². The Balaban J connectivity index is 1.69. The first kappa shape index (κ1) is 16.6. The molecule has 2 aromatic heterocycles. The van der Waals surface area contributed by atoms with Gasteiger partial charge in [0.1, 0.15) is 0 Å². The summed E-state index contributed by atoms with van der Waals surface area (Å²) in [5.41, 5.74) is 4.20. The number of benzene rings is 1. The van der Waals surface area contributed by atoms with Crippen molar-refractivity contribution >= 4 is 40.0 Å². The number of thiophene rings is 1. The monoisotopic (exact) mass is 354 g/mol. The van der Waals surface area contributed by atoms with Gasteiger partial charge in [-0.3, -0.25) is 25.2 Å². The Hall–Kier alpha value is -3.26. The first-order chi connectivity index (χ1) is 12.0. The quantitative estimate of drug-likeness (QED) is 0.492. The summed E-state index contributed by atoms with van der Waals surface area (Å²) in [6.45, 7) is 1.98. The highest BCUT2D eigenvalue weighted by molar-refractivity contribution is 7.12. The highest BCUT2D eigenvalue weighted by atomic mass is 32.1. The summed E-state index contributed by atoms with van der Waals surface area (Å²) in [7, 11) is 0. The number of aromatic nitrogens is 2. The molecule has 0 spiro atoms. The van der Waals surface area contributed by atoms with Crippen LogP contribution in [0, 0.1) is 6.92 Å². The molecule has 7 nitrogen and oxygen atoms in total. The average Bonchev–Trinajstić information content (AvgIpc) is 3.04. The van der Waals surface area contributed by atoms with Crippen molar-refractivity contribution in [3.8, 4) is 0 Å². The van der Waals surface area contributed by atoms with Gasteiger partial charge in [0.15, 0.2) is 5.69 Å². The van der Waals surface area contributed by atoms with Crippen LogP contribution >= 0.6 is 11.3 Å². The molecule has 0 fully saturated rings. The summed E-state index contributed by atoms with van der Waals surface area (Å²) < 4.78 is 0. The van der Waals surface area contributed by atoms with Gasteiger partial charge in [0.05, 0.1) is 5.39 Å². The molecule has 0 radical (unpaired) electrons. The minimum Gasteiger partial charge on any atom is -0.268 e. The maximum absolute atomic E-state index is 12.2. The molecule has 0 unspecified atom stereocenters. The maximum Gasteiger partial charge on any atom is 0.290 e. The second kappa shape index (κ2) is 7.10. The van der Waals surface area contributed by atoms with Gasteiger partial charge < -0.3 is 0 Å². The van der Waals surface area contributed by atoms with Crippen LogP contribution in [0.15, 0.2) is 47.3 Å². The Bertz CT molecular complexity index is 1040. The van der Waals surface area contributed by atoms with E-state index < -0.39 is 11.8 Å². The Morgan fingerprint density at radius 1 is 1.12 bits per heavy atom. The summed E-state index contributed by atoms with van der Waals surface area (Å²) in [6.07, 6.45) is 2.98. The molecule has 0 aliphatic heterocycles. The van der Waals surface area contributed by atoms with Crippen LogP contribution in [0.5, 0.6) is 0 Å². The number of hydrogen-bond acceptors (Lipinski definition) is 5. The third-order valence-electron chi connectivity index (χ3n) is 3.37. The number of H-pyrrole nitrogens is 1. The number of nitrogens with zero attached hydrogens (tertiary/aromatic N) is 1. The number of hydrogen-bond donors (Lipinski definition) is 3. The highest BCUT2D eigenvalue weighted by Crippen LogP contribution is 2.16. The maximum atomic E-state index is 12.2. The molecule has 25 heavy (non-hydrogen) atoms. The summed E-state index contributed by atoms with van der Waals surface area (Å²) in [4.78, 5) is 37.8. The van der Waals surface area contributed by atoms with Crippen LogP contribution in [0.1, 0.15) is 20.2 Å². The molecule has 0 aliphatic carbocycles. The van der Waals surface area contributed by atoms with Gasteiger partial charge in [-0.1, -0.05) is 18.2 Å². The van der Waals surface area contributed by atoms with Gasteiger partial charge in [-0.25, -0.2) is 5.10 Å². The molecule has 3 aromatic rings. The highest BCUT2D eigenvalue weighted by Gasteiger charge is 2.14. The summed E-state index contributed by atoms with van der Waals surface area (Å²) in [6, 6.07) is 10.5. The molecule has 3 rings (SSSR count). The lowest BCUT2D eigenvalue weighted by atomic mass is 10.1. The molecule has 1 aromatic carbocycles. The fourth-order valence-electron chi connectivity index (χ4n) is 2.21. The van der Waals surface area contributed by atoms with Crippen molar-refractivity contribution in [2.75, 3.05) is 0 Å². The Morgan fingerprint density at radius 2 is 1.88 bits per heavy atom. The van der Waals surface area contributed by atoms with Crippen LogP contribution in [0.25, 0.3) is 16.8 Å². The molecule has 0 atom stereocenters. The van der Waals surface area contributed by atoms with Crippen LogP contribution < -0.4 is 16.4 Å². The zero-order chi connectivity index (χ0) is 17.8. The molecule has 3 N–H and O–H groups in total. The minimum atomic E-state index is -0.624. The largest absolute Gasteiger partial charge is 0.290 e. The van der Waals surface area contributed by atoms with Crippen LogP contribution in [0.2, 0.25) is 0 Å². The zero-order valence-corrected chi connectivity index (χ0v) is 14.0. The standard InChI is InChI=1S/C17H14N4O3S/c1-10-6-7-11(25-10)8-9-14(22)18-21-17(24)15-12-4-2-3-5-13(12)16(23)20-19-15/h2-9H,1H3,(H,18,22)(H,20,23)(H,21,24)/b9-8+. The number of aryl methyl sites for hydroxylation is 1. The minimum absolute atomic E-state index is 0.0216. The average molecular weight is 354 g/mol. The number of carbonyl (C=O) groups is 2. The van der Waals surface area contributed by atoms with Crippen LogP contribution in [0.4, 0.5) is 0 Å². The van der Waals surface area contributed by atoms with Gasteiger partial charge in [-0.15, -0.1) is 11.3 Å². The van der Waals surface area contributed by atoms with Gasteiger partial charge in [0, 0.05) is 21.2 Å². The lowest BCUT2D eigenvalue weighted by molar-refractivity contribution is -0.117. The Kier molecular flexibility index (Phi) is 4.71. The summed E-state index contributed by atoms with van der Waals surface area (Å²) in [5.74, 6) is -1.10. The smallest absolute Gasteiger partial charge is 0.268 e. The van der Waals surface area contributed by atoms with E-state index in [2.05, 4.69) is 21.0 Å². The molecular weight excluding hydrogens is 340 g/mol. The molecular formula is C17H14N4O3S. The number of amides is 2. The number of carbonyl (C=O) groups excluding carboxylic acids is 2. The van der Waals surface area contributed by atoms with E-state index in [9.17, 15) is 14.4 Å². The number of fused-ring (bicyclic) bond motifs is 1. The number of rotatable bonds is 3. The molecule has 2 amide bonds. The first-order valence-electron chi connectivity index (χ1n) is 7.37. The fourth-order valence-corrected chi connectivity index (χ4v) is 2.99. The zero-order valence-electron chi connectivity index (χ0n) is 13.2. The topological polar surface area (TPSA) is 104 Å². The van der Waals surface area contributed by atoms with E-state index in [1.165, 1.54) is 6.08 Å². The van der Waals surface area contributed by atoms with E-state index in [1.807, 2.05) is 19.1 Å². The van der Waals surface area contributed by atoms with Gasteiger partial charge in [0.2, 0.25) is 0 Å². The van der Waals surface area contributed by atoms with Gasteiger partial charge in [0.25, 0.3) is 17.4 Å². The van der Waals surface area contributed by atoms with E-state index in [0.29, 0.717) is 10.8 Å². The molecule has 0 bridgehead atoms. The third-order valence-corrected chi connectivity index (χ3v) is 4.34. The second-order valence-electron chi connectivity index (χ2n) is 5.17. The van der Waals surface area contributed by atoms with Crippen LogP contribution in [0.3, 0.4) is 0 Å². The van der Waals surface area contributed by atoms with Crippen molar-refractivity contribution < 1.29 is 9.59 Å². The predicted octanol–water partition coefficient (Wildman–Crippen LogP) is 1.77. The summed E-state index contributed by atoms with van der Waals surface area (Å²) >= 11 is 1.56. The molecule has 0 saturated carbocycles. The van der Waals surface area contributed by atoms with Crippen molar-refractivity contribution in [1.82, 2.24) is 21.0 Å². The van der Waals surface area contributed by atoms with Gasteiger partial charge in [-0.05, 0) is 31.2 Å². The predicted molar refractivity (Wildman–Crippen MR) is 96.1 cm³/mol. The van der Waals surface area contributed by atoms with Gasteiger partial charge >= 0.3 is 0 Å². The van der Waals surface area contributed by atoms with Crippen molar-refractivity contribution in [3.63, 3.8) is 0 Å². The van der Waals surface area contributed by atoms with Crippen molar-refractivity contribution in [2.45, 2.75) is 6.92 Å². The van der Waals surface area contributed by atoms with E-state index in [1.54, 1.807) is 41.7 Å². The van der Waals surface area contributed by atoms with E-state index >= 15 is 0 Å². The van der Waals surface area contributed by atoms with E-state index in [-0.39, 0.29) is 11.3 Å². The van der Waals surface area contributed by atoms with Crippen molar-refractivity contribution in [2.24, 2.45) is 0 Å². The lowest BCUT2D eigenvalue weighted by Crippen LogP contribution is -2.41. The van der Waals surface area contributed by atoms with Crippen LogP contribution in [-0.4, -0.2) is 22.0 Å². The molecule has 2 heterocycles. The fraction of sp³-hybridized carbons (Fsp3) is 0.0588. The SMILES string of the molecule is Cc1ccc(/C=C/C(=O)NNC(=O)c2n[nH]c(=O)c3ccccc23)s1. The number of aromatic amines is 1. The van der Waals surface area contributed by atoms with Crippen molar-refractivity contribution in [1.29, 1.82) is 0 Å². The van der Waals surface area contributed by atoms with E-state index in [4.69, 9.17) is 0 Å². The summed E-state index contributed by atoms with van der Waals surface area (Å²) in [5, 5.41) is 6.79. The molecule has 0 saturated heterocycles. The Labute approximate surface area is 146 Å². The third kappa shape index (κ3) is 3.81. The molecule has 0 aliphatic rings. The normalized spacial score (nSPS) is 10.9. The Morgan fingerprint density at radius 3 is 2.60 bits per heavy atom.